The summed E-state index contributed by atoms with van der Waals surface area (Å²) < 4.78 is 39.1. The van der Waals surface area contributed by atoms with Crippen molar-refractivity contribution in [1.82, 2.24) is 4.57 Å². The van der Waals surface area contributed by atoms with Crippen LogP contribution >= 0.6 is 11.6 Å². The SMILES string of the molecule is CC(C(=O)Nc1cc(C(F)(F)F)ccc1Cl)n1cc([N+](=O)[O-])ccc1=O. The van der Waals surface area contributed by atoms with E-state index in [1.54, 1.807) is 0 Å². The van der Waals surface area contributed by atoms with Crippen LogP contribution in [0.5, 0.6) is 0 Å². The monoisotopic (exact) mass is 389 g/mol. The number of nitrogens with one attached hydrogen (secondary N) is 1. The highest BCUT2D eigenvalue weighted by atomic mass is 35.5. The molecule has 1 atom stereocenters. The average Bonchev–Trinajstić information content (AvgIpc) is 2.55. The number of anilines is 1. The number of carbonyl (C=O) groups excluding carboxylic acids is 1. The van der Waals surface area contributed by atoms with E-state index in [2.05, 4.69) is 5.32 Å². The first-order valence-electron chi connectivity index (χ1n) is 7.05. The zero-order valence-electron chi connectivity index (χ0n) is 13.1. The number of carbonyl (C=O) groups is 1. The molecule has 0 aliphatic heterocycles. The van der Waals surface area contributed by atoms with Gasteiger partial charge in [-0.05, 0) is 25.1 Å². The van der Waals surface area contributed by atoms with Gasteiger partial charge in [0.05, 0.1) is 27.4 Å². The lowest BCUT2D eigenvalue weighted by atomic mass is 10.2. The number of alkyl halides is 3. The van der Waals surface area contributed by atoms with E-state index in [0.717, 1.165) is 35.0 Å². The van der Waals surface area contributed by atoms with Gasteiger partial charge in [0.25, 0.3) is 11.2 Å². The Bertz CT molecular complexity index is 927. The molecule has 1 aromatic carbocycles. The molecule has 0 spiro atoms. The molecule has 1 N–H and O–H groups in total. The van der Waals surface area contributed by atoms with Gasteiger partial charge in [0.1, 0.15) is 6.04 Å². The largest absolute Gasteiger partial charge is 0.416 e. The Morgan fingerprint density at radius 3 is 2.54 bits per heavy atom. The number of nitro groups is 1. The van der Waals surface area contributed by atoms with Crippen molar-refractivity contribution in [2.75, 3.05) is 5.32 Å². The van der Waals surface area contributed by atoms with Crippen LogP contribution in [0.2, 0.25) is 5.02 Å². The van der Waals surface area contributed by atoms with Crippen LogP contribution in [0.1, 0.15) is 18.5 Å². The smallest absolute Gasteiger partial charge is 0.323 e. The molecular formula is C15H11ClF3N3O4. The van der Waals surface area contributed by atoms with Gasteiger partial charge < -0.3 is 5.32 Å². The second kappa shape index (κ2) is 7.16. The summed E-state index contributed by atoms with van der Waals surface area (Å²) in [6.07, 6.45) is -3.76. The number of hydrogen-bond donors (Lipinski definition) is 1. The molecule has 1 heterocycles. The summed E-state index contributed by atoms with van der Waals surface area (Å²) in [6, 6.07) is 3.06. The molecule has 1 unspecified atom stereocenters. The molecule has 0 fully saturated rings. The Morgan fingerprint density at radius 1 is 1.31 bits per heavy atom. The van der Waals surface area contributed by atoms with Crippen molar-refractivity contribution in [2.24, 2.45) is 0 Å². The quantitative estimate of drug-likeness (QED) is 0.638. The van der Waals surface area contributed by atoms with Crippen LogP contribution in [-0.4, -0.2) is 15.4 Å². The van der Waals surface area contributed by atoms with E-state index in [0.29, 0.717) is 6.07 Å². The number of benzene rings is 1. The summed E-state index contributed by atoms with van der Waals surface area (Å²) in [6.45, 7) is 1.27. The second-order valence-electron chi connectivity index (χ2n) is 5.25. The maximum Gasteiger partial charge on any atom is 0.416 e. The van der Waals surface area contributed by atoms with Gasteiger partial charge in [-0.1, -0.05) is 11.6 Å². The zero-order chi connectivity index (χ0) is 19.6. The highest BCUT2D eigenvalue weighted by Crippen LogP contribution is 2.34. The van der Waals surface area contributed by atoms with E-state index < -0.39 is 39.9 Å². The molecule has 7 nitrogen and oxygen atoms in total. The van der Waals surface area contributed by atoms with Crippen molar-refractivity contribution in [1.29, 1.82) is 0 Å². The van der Waals surface area contributed by atoms with Gasteiger partial charge in [0.15, 0.2) is 0 Å². The lowest BCUT2D eigenvalue weighted by molar-refractivity contribution is -0.385. The van der Waals surface area contributed by atoms with Crippen molar-refractivity contribution in [3.05, 3.63) is 67.6 Å². The van der Waals surface area contributed by atoms with E-state index >= 15 is 0 Å². The molecule has 138 valence electrons. The van der Waals surface area contributed by atoms with Gasteiger partial charge in [-0.15, -0.1) is 0 Å². The Kier molecular flexibility index (Phi) is 5.36. The Labute approximate surface area is 149 Å². The molecule has 1 amide bonds. The number of halogens is 4. The Morgan fingerprint density at radius 2 is 1.96 bits per heavy atom. The minimum absolute atomic E-state index is 0.134. The van der Waals surface area contributed by atoms with Crippen LogP contribution in [0.25, 0.3) is 0 Å². The lowest BCUT2D eigenvalue weighted by Gasteiger charge is -2.16. The number of aromatic nitrogens is 1. The number of nitrogens with zero attached hydrogens (tertiary/aromatic N) is 2. The van der Waals surface area contributed by atoms with Crippen LogP contribution in [0.3, 0.4) is 0 Å². The van der Waals surface area contributed by atoms with E-state index in [9.17, 15) is 32.9 Å². The molecular weight excluding hydrogens is 379 g/mol. The van der Waals surface area contributed by atoms with Crippen molar-refractivity contribution >= 4 is 28.9 Å². The van der Waals surface area contributed by atoms with Crippen LogP contribution in [0.15, 0.2) is 41.3 Å². The van der Waals surface area contributed by atoms with Crippen LogP contribution in [0, 0.1) is 10.1 Å². The van der Waals surface area contributed by atoms with Gasteiger partial charge in [-0.25, -0.2) is 0 Å². The van der Waals surface area contributed by atoms with Crippen molar-refractivity contribution in [3.8, 4) is 0 Å². The van der Waals surface area contributed by atoms with Gasteiger partial charge in [0.2, 0.25) is 5.91 Å². The predicted octanol–water partition coefficient (Wildman–Crippen LogP) is 3.63. The van der Waals surface area contributed by atoms with Gasteiger partial charge in [-0.3, -0.25) is 24.3 Å². The van der Waals surface area contributed by atoms with Gasteiger partial charge >= 0.3 is 6.18 Å². The maximum absolute atomic E-state index is 12.8. The minimum atomic E-state index is -4.63. The molecule has 2 rings (SSSR count). The molecule has 1 aromatic heterocycles. The average molecular weight is 390 g/mol. The molecule has 0 aliphatic carbocycles. The third-order valence-corrected chi connectivity index (χ3v) is 3.81. The first-order valence-corrected chi connectivity index (χ1v) is 7.42. The number of amides is 1. The minimum Gasteiger partial charge on any atom is -0.323 e. The maximum atomic E-state index is 12.8. The Balaban J connectivity index is 2.32. The van der Waals surface area contributed by atoms with E-state index in [-0.39, 0.29) is 10.7 Å². The van der Waals surface area contributed by atoms with E-state index in [4.69, 9.17) is 11.6 Å². The summed E-state index contributed by atoms with van der Waals surface area (Å²) in [7, 11) is 0. The predicted molar refractivity (Wildman–Crippen MR) is 87.2 cm³/mol. The molecule has 0 saturated heterocycles. The summed E-state index contributed by atoms with van der Waals surface area (Å²) in [4.78, 5) is 34.2. The fourth-order valence-corrected chi connectivity index (χ4v) is 2.23. The summed E-state index contributed by atoms with van der Waals surface area (Å²) in [5.41, 5.74) is -2.41. The first-order chi connectivity index (χ1) is 12.0. The van der Waals surface area contributed by atoms with Crippen LogP contribution < -0.4 is 10.9 Å². The van der Waals surface area contributed by atoms with Crippen molar-refractivity contribution < 1.29 is 22.9 Å². The number of pyridine rings is 1. The van der Waals surface area contributed by atoms with Crippen molar-refractivity contribution in [2.45, 2.75) is 19.1 Å². The molecule has 2 aromatic rings. The summed E-state index contributed by atoms with van der Waals surface area (Å²) >= 11 is 5.80. The molecule has 0 aliphatic rings. The number of hydrogen-bond acceptors (Lipinski definition) is 4. The molecule has 0 saturated carbocycles. The highest BCUT2D eigenvalue weighted by Gasteiger charge is 2.31. The van der Waals surface area contributed by atoms with Crippen molar-refractivity contribution in [3.63, 3.8) is 0 Å². The molecule has 26 heavy (non-hydrogen) atoms. The van der Waals surface area contributed by atoms with Gasteiger partial charge in [0, 0.05) is 12.1 Å². The summed E-state index contributed by atoms with van der Waals surface area (Å²) in [5, 5.41) is 12.9. The number of rotatable bonds is 4. The molecule has 0 radical (unpaired) electrons. The van der Waals surface area contributed by atoms with Crippen LogP contribution in [-0.2, 0) is 11.0 Å². The Hall–Kier alpha value is -2.88. The first kappa shape index (κ1) is 19.4. The standard InChI is InChI=1S/C15H11ClF3N3O4/c1-8(21-7-10(22(25)26)3-5-13(21)23)14(24)20-12-6-9(15(17,18)19)2-4-11(12)16/h2-8H,1H3,(H,20,24). The third kappa shape index (κ3) is 4.20. The fourth-order valence-electron chi connectivity index (χ4n) is 2.06. The molecule has 0 bridgehead atoms. The topological polar surface area (TPSA) is 94.2 Å². The van der Waals surface area contributed by atoms with E-state index in [1.165, 1.54) is 6.92 Å². The zero-order valence-corrected chi connectivity index (χ0v) is 13.8. The lowest BCUT2D eigenvalue weighted by Crippen LogP contribution is -2.31. The third-order valence-electron chi connectivity index (χ3n) is 3.48. The fraction of sp³-hybridized carbons (Fsp3) is 0.200. The van der Waals surface area contributed by atoms with Crippen LogP contribution in [0.4, 0.5) is 24.5 Å². The highest BCUT2D eigenvalue weighted by molar-refractivity contribution is 6.33. The summed E-state index contributed by atoms with van der Waals surface area (Å²) in [5.74, 6) is -0.867. The van der Waals surface area contributed by atoms with E-state index in [1.807, 2.05) is 0 Å². The normalized spacial score (nSPS) is 12.5. The van der Waals surface area contributed by atoms with Gasteiger partial charge in [-0.2, -0.15) is 13.2 Å². The molecule has 11 heteroatoms. The second-order valence-corrected chi connectivity index (χ2v) is 5.65.